The predicted octanol–water partition coefficient (Wildman–Crippen LogP) is 2.62. The number of fused-ring (bicyclic) bond motifs is 2. The van der Waals surface area contributed by atoms with Gasteiger partial charge in [-0.05, 0) is 29.8 Å². The fourth-order valence-electron chi connectivity index (χ4n) is 4.85. The van der Waals surface area contributed by atoms with Gasteiger partial charge in [0.05, 0.1) is 12.3 Å². The molecule has 2 aromatic carbocycles. The van der Waals surface area contributed by atoms with E-state index < -0.39 is 12.0 Å². The summed E-state index contributed by atoms with van der Waals surface area (Å²) in [5.41, 5.74) is 3.25. The van der Waals surface area contributed by atoms with Crippen LogP contribution in [0.1, 0.15) is 17.2 Å². The molecule has 1 aliphatic rings. The van der Waals surface area contributed by atoms with E-state index in [0.29, 0.717) is 30.8 Å². The Balaban J connectivity index is 1.22. The van der Waals surface area contributed by atoms with Crippen LogP contribution in [-0.2, 0) is 11.4 Å². The van der Waals surface area contributed by atoms with Gasteiger partial charge in [0.1, 0.15) is 11.6 Å². The molecule has 1 saturated heterocycles. The van der Waals surface area contributed by atoms with Gasteiger partial charge in [0.15, 0.2) is 0 Å². The second-order valence-corrected chi connectivity index (χ2v) is 8.80. The molecule has 3 heterocycles. The summed E-state index contributed by atoms with van der Waals surface area (Å²) in [5.74, 6) is -0.884. The van der Waals surface area contributed by atoms with Crippen molar-refractivity contribution in [3.05, 3.63) is 76.3 Å². The lowest BCUT2D eigenvalue weighted by molar-refractivity contribution is -0.144. The van der Waals surface area contributed by atoms with Gasteiger partial charge < -0.3 is 24.9 Å². The van der Waals surface area contributed by atoms with E-state index in [1.165, 1.54) is 6.07 Å². The molecule has 182 valence electrons. The van der Waals surface area contributed by atoms with Crippen molar-refractivity contribution in [3.63, 3.8) is 0 Å². The SMILES string of the molecule is O=C(O)[C@H](c1c[nH]c2ccc(CO)cc12)N1CCN(CCNc2cc(=O)oc3ccccc23)CC1. The number of aromatic nitrogens is 1. The maximum atomic E-state index is 12.3. The number of hydrogen-bond acceptors (Lipinski definition) is 7. The van der Waals surface area contributed by atoms with Gasteiger partial charge >= 0.3 is 11.6 Å². The quantitative estimate of drug-likeness (QED) is 0.286. The lowest BCUT2D eigenvalue weighted by atomic mass is 10.0. The zero-order chi connectivity index (χ0) is 24.4. The van der Waals surface area contributed by atoms with Gasteiger partial charge in [-0.15, -0.1) is 0 Å². The number of carbonyl (C=O) groups is 1. The van der Waals surface area contributed by atoms with Crippen LogP contribution < -0.4 is 10.9 Å². The van der Waals surface area contributed by atoms with E-state index >= 15 is 0 Å². The third-order valence-electron chi connectivity index (χ3n) is 6.65. The number of hydrogen-bond donors (Lipinski definition) is 4. The average molecular weight is 477 g/mol. The van der Waals surface area contributed by atoms with Crippen LogP contribution in [0.5, 0.6) is 0 Å². The average Bonchev–Trinajstić information content (AvgIpc) is 3.27. The summed E-state index contributed by atoms with van der Waals surface area (Å²) in [5, 5.41) is 24.6. The summed E-state index contributed by atoms with van der Waals surface area (Å²) in [6, 6.07) is 13.7. The Kier molecular flexibility index (Phi) is 6.54. The maximum Gasteiger partial charge on any atom is 0.338 e. The first kappa shape index (κ1) is 23.1. The molecule has 0 saturated carbocycles. The summed E-state index contributed by atoms with van der Waals surface area (Å²) in [4.78, 5) is 31.6. The van der Waals surface area contributed by atoms with Crippen molar-refractivity contribution in [2.24, 2.45) is 0 Å². The lowest BCUT2D eigenvalue weighted by Crippen LogP contribution is -2.50. The van der Waals surface area contributed by atoms with Crippen LogP contribution in [-0.4, -0.2) is 70.2 Å². The molecule has 0 radical (unpaired) electrons. The molecule has 4 N–H and O–H groups in total. The van der Waals surface area contributed by atoms with E-state index in [9.17, 15) is 19.8 Å². The Morgan fingerprint density at radius 3 is 2.66 bits per heavy atom. The number of nitrogens with zero attached hydrogens (tertiary/aromatic N) is 2. The molecule has 1 fully saturated rings. The van der Waals surface area contributed by atoms with E-state index in [1.807, 2.05) is 41.3 Å². The number of rotatable bonds is 8. The van der Waals surface area contributed by atoms with Gasteiger partial charge in [-0.2, -0.15) is 0 Å². The summed E-state index contributed by atoms with van der Waals surface area (Å²) in [6.07, 6.45) is 1.77. The standard InChI is InChI=1S/C26H28N4O5/c31-16-17-5-6-21-19(13-17)20(15-28-21)25(26(33)34)30-11-9-29(10-12-30)8-7-27-22-14-24(32)35-23-4-2-1-3-18(22)23/h1-6,13-15,25,27-28,31H,7-12,16H2,(H,33,34)/t25-/m0/s1. The van der Waals surface area contributed by atoms with Crippen molar-refractivity contribution in [3.8, 4) is 0 Å². The minimum Gasteiger partial charge on any atom is -0.480 e. The van der Waals surface area contributed by atoms with E-state index in [1.54, 1.807) is 12.3 Å². The fraction of sp³-hybridized carbons (Fsp3) is 0.308. The molecule has 35 heavy (non-hydrogen) atoms. The van der Waals surface area contributed by atoms with E-state index in [-0.39, 0.29) is 12.2 Å². The van der Waals surface area contributed by atoms with Crippen LogP contribution >= 0.6 is 0 Å². The van der Waals surface area contributed by atoms with Gasteiger partial charge in [-0.25, -0.2) is 4.79 Å². The molecule has 0 amide bonds. The molecule has 9 nitrogen and oxygen atoms in total. The number of para-hydroxylation sites is 1. The highest BCUT2D eigenvalue weighted by Gasteiger charge is 2.32. The Morgan fingerprint density at radius 2 is 1.89 bits per heavy atom. The van der Waals surface area contributed by atoms with Gasteiger partial charge in [0.2, 0.25) is 0 Å². The van der Waals surface area contributed by atoms with Crippen LogP contribution in [0.2, 0.25) is 0 Å². The molecule has 4 aromatic rings. The number of aliphatic hydroxyl groups excluding tert-OH is 1. The molecular weight excluding hydrogens is 448 g/mol. The third-order valence-corrected chi connectivity index (χ3v) is 6.65. The number of carboxylic acids is 1. The van der Waals surface area contributed by atoms with Gasteiger partial charge in [-0.3, -0.25) is 14.6 Å². The zero-order valence-corrected chi connectivity index (χ0v) is 19.2. The predicted molar refractivity (Wildman–Crippen MR) is 134 cm³/mol. The molecule has 0 unspecified atom stereocenters. The topological polar surface area (TPSA) is 122 Å². The maximum absolute atomic E-state index is 12.3. The second kappa shape index (κ2) is 9.91. The van der Waals surface area contributed by atoms with Crippen LogP contribution in [0.3, 0.4) is 0 Å². The number of aliphatic carboxylic acids is 1. The zero-order valence-electron chi connectivity index (χ0n) is 19.2. The van der Waals surface area contributed by atoms with Crippen molar-refractivity contribution in [2.45, 2.75) is 12.6 Å². The Morgan fingerprint density at radius 1 is 1.09 bits per heavy atom. The molecule has 1 aliphatic heterocycles. The summed E-state index contributed by atoms with van der Waals surface area (Å²) in [7, 11) is 0. The van der Waals surface area contributed by atoms with E-state index in [2.05, 4.69) is 15.2 Å². The molecule has 2 aromatic heterocycles. The largest absolute Gasteiger partial charge is 0.480 e. The van der Waals surface area contributed by atoms with E-state index in [4.69, 9.17) is 4.42 Å². The first-order valence-electron chi connectivity index (χ1n) is 11.7. The normalized spacial score (nSPS) is 16.0. The lowest BCUT2D eigenvalue weighted by Gasteiger charge is -2.37. The number of piperazine rings is 1. The number of nitrogens with one attached hydrogen (secondary N) is 2. The number of aromatic amines is 1. The Bertz CT molecular complexity index is 1400. The monoisotopic (exact) mass is 476 g/mol. The number of anilines is 1. The van der Waals surface area contributed by atoms with Gasteiger partial charge in [-0.1, -0.05) is 18.2 Å². The molecule has 0 bridgehead atoms. The third kappa shape index (κ3) is 4.79. The van der Waals surface area contributed by atoms with Gasteiger partial charge in [0, 0.05) is 73.4 Å². The molecule has 0 aliphatic carbocycles. The highest BCUT2D eigenvalue weighted by Crippen LogP contribution is 2.30. The van der Waals surface area contributed by atoms with Crippen LogP contribution in [0.15, 0.2) is 63.9 Å². The number of carboxylic acid groups (broad SMARTS) is 1. The number of benzene rings is 2. The van der Waals surface area contributed by atoms with Crippen molar-refractivity contribution in [2.75, 3.05) is 44.6 Å². The molecule has 1 atom stereocenters. The Hall–Kier alpha value is -3.66. The van der Waals surface area contributed by atoms with Crippen LogP contribution in [0.25, 0.3) is 21.9 Å². The summed E-state index contributed by atoms with van der Waals surface area (Å²) < 4.78 is 5.25. The van der Waals surface area contributed by atoms with Crippen molar-refractivity contribution < 1.29 is 19.4 Å². The van der Waals surface area contributed by atoms with Crippen molar-refractivity contribution in [1.82, 2.24) is 14.8 Å². The van der Waals surface area contributed by atoms with Crippen molar-refractivity contribution in [1.29, 1.82) is 0 Å². The first-order valence-corrected chi connectivity index (χ1v) is 11.7. The summed E-state index contributed by atoms with van der Waals surface area (Å²) in [6.45, 7) is 4.08. The Labute approximate surface area is 201 Å². The second-order valence-electron chi connectivity index (χ2n) is 8.80. The van der Waals surface area contributed by atoms with Gasteiger partial charge in [0.25, 0.3) is 0 Å². The minimum absolute atomic E-state index is 0.0886. The molecule has 9 heteroatoms. The molecule has 0 spiro atoms. The molecule has 5 rings (SSSR count). The smallest absolute Gasteiger partial charge is 0.338 e. The minimum atomic E-state index is -0.884. The first-order chi connectivity index (χ1) is 17.0. The number of aliphatic hydroxyl groups is 1. The summed E-state index contributed by atoms with van der Waals surface area (Å²) >= 11 is 0. The fourth-order valence-corrected chi connectivity index (χ4v) is 4.85. The highest BCUT2D eigenvalue weighted by atomic mass is 16.4. The number of H-pyrrole nitrogens is 1. The highest BCUT2D eigenvalue weighted by molar-refractivity contribution is 5.90. The van der Waals surface area contributed by atoms with Crippen LogP contribution in [0.4, 0.5) is 5.69 Å². The molecular formula is C26H28N4O5. The van der Waals surface area contributed by atoms with Crippen molar-refractivity contribution >= 4 is 33.5 Å². The van der Waals surface area contributed by atoms with Crippen LogP contribution in [0, 0.1) is 0 Å². The van der Waals surface area contributed by atoms with E-state index in [0.717, 1.165) is 47.2 Å².